The van der Waals surface area contributed by atoms with Gasteiger partial charge < -0.3 is 18.9 Å². The van der Waals surface area contributed by atoms with Crippen LogP contribution in [0.1, 0.15) is 35.8 Å². The van der Waals surface area contributed by atoms with Crippen molar-refractivity contribution in [2.45, 2.75) is 26.7 Å². The van der Waals surface area contributed by atoms with E-state index in [1.54, 1.807) is 11.0 Å². The molecule has 1 amide bonds. The molecular weight excluding hydrogens is 346 g/mol. The Bertz CT molecular complexity index is 1010. The molecule has 3 aromatic rings. The second-order valence-electron chi connectivity index (χ2n) is 6.65. The van der Waals surface area contributed by atoms with Gasteiger partial charge in [-0.2, -0.15) is 0 Å². The van der Waals surface area contributed by atoms with Gasteiger partial charge in [0.15, 0.2) is 11.5 Å². The number of fused-ring (bicyclic) bond motifs is 2. The van der Waals surface area contributed by atoms with Gasteiger partial charge in [0.2, 0.25) is 6.79 Å². The lowest BCUT2D eigenvalue weighted by Gasteiger charge is -2.17. The maximum atomic E-state index is 13.1. The Labute approximate surface area is 156 Å². The molecular formula is C20H21N3O4. The first-order chi connectivity index (χ1) is 13.1. The molecule has 0 fully saturated rings. The number of hydrogen-bond acceptors (Lipinski definition) is 6. The minimum atomic E-state index is -0.0656. The highest BCUT2D eigenvalue weighted by molar-refractivity contribution is 6.06. The van der Waals surface area contributed by atoms with Gasteiger partial charge in [0.25, 0.3) is 11.6 Å². The Morgan fingerprint density at radius 1 is 1.22 bits per heavy atom. The monoisotopic (exact) mass is 367 g/mol. The first-order valence-corrected chi connectivity index (χ1v) is 9.01. The van der Waals surface area contributed by atoms with Crippen molar-refractivity contribution in [1.29, 1.82) is 0 Å². The highest BCUT2D eigenvalue weighted by Crippen LogP contribution is 2.36. The quantitative estimate of drug-likeness (QED) is 0.683. The van der Waals surface area contributed by atoms with Gasteiger partial charge in [0.05, 0.1) is 22.3 Å². The zero-order valence-corrected chi connectivity index (χ0v) is 15.6. The van der Waals surface area contributed by atoms with E-state index in [0.717, 1.165) is 18.4 Å². The van der Waals surface area contributed by atoms with E-state index < -0.39 is 0 Å². The van der Waals surface area contributed by atoms with Crippen molar-refractivity contribution in [1.82, 2.24) is 15.0 Å². The molecule has 4 rings (SSSR count). The summed E-state index contributed by atoms with van der Waals surface area (Å²) in [5, 5.41) is 4.66. The molecule has 1 aliphatic rings. The number of rotatable bonds is 5. The Hall–Kier alpha value is -3.09. The summed E-state index contributed by atoms with van der Waals surface area (Å²) in [6, 6.07) is 7.38. The standard InChI is InChI=1S/C20H21N3O4/c1-4-5-8-23(3)20(24)14-10-15(21-19-18(14)12(2)22-27-19)13-6-7-16-17(9-13)26-11-25-16/h6-7,9-10H,4-5,8,11H2,1-3H3. The number of pyridine rings is 1. The molecule has 7 nitrogen and oxygen atoms in total. The van der Waals surface area contributed by atoms with Crippen LogP contribution in [0.4, 0.5) is 0 Å². The van der Waals surface area contributed by atoms with Crippen LogP contribution >= 0.6 is 0 Å². The number of aryl methyl sites for hydroxylation is 1. The molecule has 140 valence electrons. The first kappa shape index (κ1) is 17.3. The average Bonchev–Trinajstić information content (AvgIpc) is 3.30. The average molecular weight is 367 g/mol. The van der Waals surface area contributed by atoms with Gasteiger partial charge >= 0.3 is 0 Å². The predicted molar refractivity (Wildman–Crippen MR) is 100.0 cm³/mol. The minimum absolute atomic E-state index is 0.0656. The molecule has 3 heterocycles. The Kier molecular flexibility index (Phi) is 4.43. The minimum Gasteiger partial charge on any atom is -0.454 e. The fourth-order valence-corrected chi connectivity index (χ4v) is 3.17. The molecule has 0 saturated heterocycles. The number of carbonyl (C=O) groups excluding carboxylic acids is 1. The zero-order valence-electron chi connectivity index (χ0n) is 15.6. The highest BCUT2D eigenvalue weighted by Gasteiger charge is 2.22. The number of nitrogens with zero attached hydrogens (tertiary/aromatic N) is 3. The third-order valence-electron chi connectivity index (χ3n) is 4.71. The fraction of sp³-hybridized carbons (Fsp3) is 0.350. The largest absolute Gasteiger partial charge is 0.454 e. The number of benzene rings is 1. The van der Waals surface area contributed by atoms with Crippen molar-refractivity contribution in [2.24, 2.45) is 0 Å². The van der Waals surface area contributed by atoms with E-state index in [-0.39, 0.29) is 12.7 Å². The second kappa shape index (κ2) is 6.90. The van der Waals surface area contributed by atoms with Crippen LogP contribution in [0.5, 0.6) is 11.5 Å². The molecule has 0 radical (unpaired) electrons. The van der Waals surface area contributed by atoms with E-state index in [1.807, 2.05) is 32.2 Å². The Morgan fingerprint density at radius 2 is 2.04 bits per heavy atom. The van der Waals surface area contributed by atoms with Crippen LogP contribution in [0.3, 0.4) is 0 Å². The number of carbonyl (C=O) groups is 1. The van der Waals surface area contributed by atoms with Gasteiger partial charge in [-0.1, -0.05) is 18.5 Å². The summed E-state index contributed by atoms with van der Waals surface area (Å²) in [7, 11) is 1.81. The summed E-state index contributed by atoms with van der Waals surface area (Å²) in [5.41, 5.74) is 3.01. The molecule has 0 N–H and O–H groups in total. The number of unbranched alkanes of at least 4 members (excludes halogenated alkanes) is 1. The van der Waals surface area contributed by atoms with Gasteiger partial charge in [0.1, 0.15) is 0 Å². The third-order valence-corrected chi connectivity index (χ3v) is 4.71. The van der Waals surface area contributed by atoms with Crippen molar-refractivity contribution in [3.05, 3.63) is 35.5 Å². The van der Waals surface area contributed by atoms with Crippen LogP contribution in [-0.2, 0) is 0 Å². The van der Waals surface area contributed by atoms with Gasteiger partial charge in [-0.05, 0) is 37.6 Å². The maximum absolute atomic E-state index is 13.1. The van der Waals surface area contributed by atoms with Crippen molar-refractivity contribution < 1.29 is 18.8 Å². The molecule has 0 aliphatic carbocycles. The molecule has 2 aromatic heterocycles. The number of ether oxygens (including phenoxy) is 2. The van der Waals surface area contributed by atoms with Gasteiger partial charge in [-0.3, -0.25) is 4.79 Å². The molecule has 0 bridgehead atoms. The van der Waals surface area contributed by atoms with Gasteiger partial charge in [-0.15, -0.1) is 0 Å². The molecule has 27 heavy (non-hydrogen) atoms. The van der Waals surface area contributed by atoms with Crippen LogP contribution in [0.15, 0.2) is 28.8 Å². The molecule has 1 aromatic carbocycles. The Balaban J connectivity index is 1.80. The Morgan fingerprint density at radius 3 is 2.85 bits per heavy atom. The van der Waals surface area contributed by atoms with E-state index in [4.69, 9.17) is 14.0 Å². The van der Waals surface area contributed by atoms with Gasteiger partial charge in [0, 0.05) is 19.2 Å². The lowest BCUT2D eigenvalue weighted by Crippen LogP contribution is -2.28. The van der Waals surface area contributed by atoms with E-state index in [0.29, 0.717) is 46.1 Å². The lowest BCUT2D eigenvalue weighted by molar-refractivity contribution is 0.0795. The highest BCUT2D eigenvalue weighted by atomic mass is 16.7. The lowest BCUT2D eigenvalue weighted by atomic mass is 10.0. The van der Waals surface area contributed by atoms with E-state index in [1.165, 1.54) is 0 Å². The summed E-state index contributed by atoms with van der Waals surface area (Å²) in [6.45, 7) is 4.82. The molecule has 0 spiro atoms. The molecule has 0 atom stereocenters. The van der Waals surface area contributed by atoms with Gasteiger partial charge in [-0.25, -0.2) is 4.98 Å². The normalized spacial score (nSPS) is 12.6. The molecule has 1 aliphatic heterocycles. The number of amides is 1. The van der Waals surface area contributed by atoms with Crippen molar-refractivity contribution >= 4 is 17.0 Å². The van der Waals surface area contributed by atoms with Crippen LogP contribution in [-0.4, -0.2) is 41.3 Å². The van der Waals surface area contributed by atoms with Crippen LogP contribution < -0.4 is 9.47 Å². The second-order valence-corrected chi connectivity index (χ2v) is 6.65. The number of aromatic nitrogens is 2. The fourth-order valence-electron chi connectivity index (χ4n) is 3.17. The van der Waals surface area contributed by atoms with Crippen molar-refractivity contribution in [3.8, 4) is 22.8 Å². The third kappa shape index (κ3) is 3.09. The van der Waals surface area contributed by atoms with E-state index in [2.05, 4.69) is 17.1 Å². The maximum Gasteiger partial charge on any atom is 0.259 e. The number of hydrogen-bond donors (Lipinski definition) is 0. The summed E-state index contributed by atoms with van der Waals surface area (Å²) in [6.07, 6.45) is 1.98. The van der Waals surface area contributed by atoms with Crippen molar-refractivity contribution in [2.75, 3.05) is 20.4 Å². The molecule has 7 heteroatoms. The SMILES string of the molecule is CCCCN(C)C(=O)c1cc(-c2ccc3c(c2)OCO3)nc2onc(C)c12. The topological polar surface area (TPSA) is 77.7 Å². The van der Waals surface area contributed by atoms with Crippen molar-refractivity contribution in [3.63, 3.8) is 0 Å². The zero-order chi connectivity index (χ0) is 19.0. The van der Waals surface area contributed by atoms with E-state index >= 15 is 0 Å². The first-order valence-electron chi connectivity index (χ1n) is 9.01. The predicted octanol–water partition coefficient (Wildman–Crippen LogP) is 3.80. The summed E-state index contributed by atoms with van der Waals surface area (Å²) < 4.78 is 16.2. The summed E-state index contributed by atoms with van der Waals surface area (Å²) >= 11 is 0. The van der Waals surface area contributed by atoms with E-state index in [9.17, 15) is 4.79 Å². The van der Waals surface area contributed by atoms with Crippen LogP contribution in [0, 0.1) is 6.92 Å². The summed E-state index contributed by atoms with van der Waals surface area (Å²) in [5.74, 6) is 1.30. The molecule has 0 saturated carbocycles. The molecule has 0 unspecified atom stereocenters. The summed E-state index contributed by atoms with van der Waals surface area (Å²) in [4.78, 5) is 19.4. The van der Waals surface area contributed by atoms with Crippen LogP contribution in [0.2, 0.25) is 0 Å². The van der Waals surface area contributed by atoms with Crippen LogP contribution in [0.25, 0.3) is 22.4 Å². The smallest absolute Gasteiger partial charge is 0.259 e.